The van der Waals surface area contributed by atoms with Crippen LogP contribution in [0, 0.1) is 11.3 Å². The molecule has 8 nitrogen and oxygen atoms in total. The van der Waals surface area contributed by atoms with Crippen molar-refractivity contribution in [3.05, 3.63) is 27.0 Å². The molecule has 1 unspecified atom stereocenters. The van der Waals surface area contributed by atoms with Gasteiger partial charge < -0.3 is 19.8 Å². The fraction of sp³-hybridized carbons (Fsp3) is 0.375. The van der Waals surface area contributed by atoms with E-state index in [0.717, 1.165) is 0 Å². The van der Waals surface area contributed by atoms with Crippen LogP contribution in [0.2, 0.25) is 0 Å². The van der Waals surface area contributed by atoms with Crippen LogP contribution >= 0.6 is 35.6 Å². The fourth-order valence-corrected chi connectivity index (χ4v) is 5.56. The zero-order chi connectivity index (χ0) is 22.5. The predicted octanol–water partition coefficient (Wildman–Crippen LogP) is 3.04. The second-order valence-electron chi connectivity index (χ2n) is 5.88. The van der Waals surface area contributed by atoms with E-state index in [1.807, 2.05) is 6.07 Å². The van der Waals surface area contributed by atoms with Crippen molar-refractivity contribution in [2.24, 2.45) is 5.14 Å². The Kier molecular flexibility index (Phi) is 9.05. The molecule has 0 bridgehead atoms. The lowest BCUT2D eigenvalue weighted by atomic mass is 10.1. The highest BCUT2D eigenvalue weighted by Crippen LogP contribution is 2.58. The first-order valence-electron chi connectivity index (χ1n) is 8.32. The summed E-state index contributed by atoms with van der Waals surface area (Å²) in [5.41, 5.74) is -3.78. The van der Waals surface area contributed by atoms with Gasteiger partial charge in [0, 0.05) is 27.7 Å². The summed E-state index contributed by atoms with van der Waals surface area (Å²) in [4.78, 5) is 30.1. The summed E-state index contributed by atoms with van der Waals surface area (Å²) in [5.74, 6) is -0.222. The number of carbonyl (C=O) groups is 1. The molecule has 14 heteroatoms. The molecule has 0 saturated carbocycles. The van der Waals surface area contributed by atoms with Gasteiger partial charge in [-0.25, -0.2) is 4.21 Å². The topological polar surface area (TPSA) is 146 Å². The molecule has 1 heterocycles. The second-order valence-corrected chi connectivity index (χ2v) is 10.0. The third kappa shape index (κ3) is 5.91. The minimum Gasteiger partial charge on any atom is -0.492 e. The van der Waals surface area contributed by atoms with Crippen molar-refractivity contribution in [3.8, 4) is 11.8 Å². The highest BCUT2D eigenvalue weighted by Gasteiger charge is 2.45. The van der Waals surface area contributed by atoms with Crippen molar-refractivity contribution in [2.45, 2.75) is 18.5 Å². The molecular weight excluding hydrogens is 527 g/mol. The van der Waals surface area contributed by atoms with E-state index in [1.54, 1.807) is 0 Å². The van der Waals surface area contributed by atoms with Crippen LogP contribution in [0.5, 0.6) is 5.75 Å². The van der Waals surface area contributed by atoms with Crippen molar-refractivity contribution in [3.63, 3.8) is 0 Å². The maximum absolute atomic E-state index is 14.3. The Morgan fingerprint density at radius 1 is 1.47 bits per heavy atom. The average Bonchev–Trinajstić information content (AvgIpc) is 3.02. The van der Waals surface area contributed by atoms with Gasteiger partial charge >= 0.3 is 5.66 Å². The monoisotopic (exact) mass is 543 g/mol. The highest BCUT2D eigenvalue weighted by atomic mass is 79.9. The lowest BCUT2D eigenvalue weighted by Crippen LogP contribution is -2.24. The fourth-order valence-electron chi connectivity index (χ4n) is 2.38. The van der Waals surface area contributed by atoms with E-state index in [2.05, 4.69) is 21.2 Å². The number of thiophene rings is 1. The van der Waals surface area contributed by atoms with Gasteiger partial charge in [0.15, 0.2) is 0 Å². The van der Waals surface area contributed by atoms with Crippen LogP contribution in [0.1, 0.15) is 28.1 Å². The lowest BCUT2D eigenvalue weighted by molar-refractivity contribution is 0.0766. The molecule has 0 aliphatic heterocycles. The SMILES string of the molecule is N#CCCNC(=O)c1cc(OCCCS(N)=O)c2sc(C(F)(F)P(O)O)c(Br)c2c1. The molecule has 0 fully saturated rings. The van der Waals surface area contributed by atoms with Crippen LogP contribution in [0.15, 0.2) is 16.6 Å². The number of rotatable bonds is 10. The average molecular weight is 544 g/mol. The summed E-state index contributed by atoms with van der Waals surface area (Å²) >= 11 is 3.68. The summed E-state index contributed by atoms with van der Waals surface area (Å²) in [7, 11) is -5.10. The summed E-state index contributed by atoms with van der Waals surface area (Å²) in [6.07, 6.45) is 0.431. The number of fused-ring (bicyclic) bond motifs is 1. The van der Waals surface area contributed by atoms with Crippen molar-refractivity contribution >= 4 is 62.6 Å². The molecule has 2 rings (SSSR count). The molecule has 164 valence electrons. The van der Waals surface area contributed by atoms with Crippen molar-refractivity contribution < 1.29 is 32.3 Å². The Morgan fingerprint density at radius 3 is 2.77 bits per heavy atom. The molecule has 5 N–H and O–H groups in total. The van der Waals surface area contributed by atoms with Gasteiger partial charge in [-0.2, -0.15) is 14.0 Å². The van der Waals surface area contributed by atoms with Gasteiger partial charge in [-0.1, -0.05) is 0 Å². The number of carbonyl (C=O) groups excluding carboxylic acids is 1. The lowest BCUT2D eigenvalue weighted by Gasteiger charge is -2.15. The Hall–Kier alpha value is -1.26. The predicted molar refractivity (Wildman–Crippen MR) is 115 cm³/mol. The Bertz CT molecular complexity index is 999. The Labute approximate surface area is 186 Å². The number of amides is 1. The van der Waals surface area contributed by atoms with Crippen LogP contribution in [0.4, 0.5) is 8.78 Å². The van der Waals surface area contributed by atoms with Gasteiger partial charge in [-0.15, -0.1) is 11.3 Å². The maximum Gasteiger partial charge on any atom is 0.349 e. The summed E-state index contributed by atoms with van der Waals surface area (Å²) in [6.45, 7) is 0.185. The van der Waals surface area contributed by atoms with Gasteiger partial charge in [0.1, 0.15) is 5.75 Å². The number of benzene rings is 1. The molecule has 30 heavy (non-hydrogen) atoms. The van der Waals surface area contributed by atoms with E-state index < -0.39 is 35.8 Å². The Morgan fingerprint density at radius 2 is 2.17 bits per heavy atom. The third-order valence-corrected chi connectivity index (χ3v) is 7.70. The van der Waals surface area contributed by atoms with Crippen LogP contribution in [-0.4, -0.2) is 38.8 Å². The third-order valence-electron chi connectivity index (χ3n) is 3.75. The molecule has 0 aliphatic carbocycles. The van der Waals surface area contributed by atoms with Gasteiger partial charge in [0.05, 0.1) is 39.7 Å². The Balaban J connectivity index is 2.49. The number of ether oxygens (including phenoxy) is 1. The van der Waals surface area contributed by atoms with E-state index in [1.165, 1.54) is 12.1 Å². The minimum absolute atomic E-state index is 0.0749. The quantitative estimate of drug-likeness (QED) is 0.267. The van der Waals surface area contributed by atoms with E-state index >= 15 is 0 Å². The highest BCUT2D eigenvalue weighted by molar-refractivity contribution is 9.10. The maximum atomic E-state index is 14.3. The number of nitriles is 1. The first-order valence-corrected chi connectivity index (χ1v) is 12.6. The van der Waals surface area contributed by atoms with Gasteiger partial charge in [-0.3, -0.25) is 9.93 Å². The molecule has 2 aromatic rings. The van der Waals surface area contributed by atoms with E-state index in [-0.39, 0.29) is 51.2 Å². The number of hydrogen-bond acceptors (Lipinski definition) is 7. The minimum atomic E-state index is -3.89. The zero-order valence-corrected chi connectivity index (χ0v) is 19.3. The smallest absolute Gasteiger partial charge is 0.349 e. The number of nitrogens with one attached hydrogen (secondary N) is 1. The molecule has 1 amide bonds. The van der Waals surface area contributed by atoms with Gasteiger partial charge in [0.2, 0.25) is 8.38 Å². The van der Waals surface area contributed by atoms with E-state index in [4.69, 9.17) is 24.9 Å². The van der Waals surface area contributed by atoms with Gasteiger partial charge in [0.25, 0.3) is 5.91 Å². The zero-order valence-electron chi connectivity index (χ0n) is 15.2. The normalized spacial score (nSPS) is 12.7. The molecule has 1 atom stereocenters. The molecule has 0 radical (unpaired) electrons. The molecule has 1 aromatic carbocycles. The molecular formula is C16H17BrF2N3O5PS2. The molecule has 0 spiro atoms. The molecule has 1 aromatic heterocycles. The van der Waals surface area contributed by atoms with Crippen molar-refractivity contribution in [1.29, 1.82) is 5.26 Å². The molecule has 0 aliphatic rings. The van der Waals surface area contributed by atoms with E-state index in [0.29, 0.717) is 17.8 Å². The number of hydrogen-bond donors (Lipinski definition) is 4. The number of nitrogens with two attached hydrogens (primary N) is 1. The number of halogens is 3. The van der Waals surface area contributed by atoms with Crippen molar-refractivity contribution in [2.75, 3.05) is 18.9 Å². The first kappa shape index (κ1) is 25.0. The van der Waals surface area contributed by atoms with Crippen LogP contribution in [0.3, 0.4) is 0 Å². The van der Waals surface area contributed by atoms with Crippen LogP contribution in [0.25, 0.3) is 10.1 Å². The largest absolute Gasteiger partial charge is 0.492 e. The summed E-state index contributed by atoms with van der Waals surface area (Å²) in [5, 5.41) is 16.6. The summed E-state index contributed by atoms with van der Waals surface area (Å²) < 4.78 is 45.4. The number of nitrogens with zero attached hydrogens (tertiary/aromatic N) is 1. The van der Waals surface area contributed by atoms with Gasteiger partial charge in [-0.05, 0) is 34.5 Å². The standard InChI is InChI=1S/C16H17BrF2N3O5PS2/c17-12-10-7-9(15(23)22-4-1-3-20)8-11(27-5-2-6-30(21)26)13(10)29-14(12)16(18,19)28(24)25/h7-8,24-25H,1-2,4-6,21H2,(H,22,23). The summed E-state index contributed by atoms with van der Waals surface area (Å²) in [6, 6.07) is 4.63. The second kappa shape index (κ2) is 10.9. The van der Waals surface area contributed by atoms with Crippen LogP contribution < -0.4 is 15.2 Å². The van der Waals surface area contributed by atoms with Crippen molar-refractivity contribution in [1.82, 2.24) is 5.32 Å². The molecule has 0 saturated heterocycles. The van der Waals surface area contributed by atoms with Crippen LogP contribution in [-0.2, 0) is 16.6 Å². The number of alkyl halides is 2. The van der Waals surface area contributed by atoms with E-state index in [9.17, 15) is 17.8 Å². The first-order chi connectivity index (χ1) is 14.1.